The van der Waals surface area contributed by atoms with Crippen molar-refractivity contribution in [2.24, 2.45) is 11.1 Å². The molecule has 150 valence electrons. The number of benzene rings is 1. The fourth-order valence-electron chi connectivity index (χ4n) is 3.70. The van der Waals surface area contributed by atoms with Crippen LogP contribution in [-0.4, -0.2) is 41.4 Å². The molecule has 2 heterocycles. The zero-order valence-corrected chi connectivity index (χ0v) is 16.9. The highest BCUT2D eigenvalue weighted by molar-refractivity contribution is 7.13. The maximum Gasteiger partial charge on any atom is 0.265 e. The first-order valence-electron chi connectivity index (χ1n) is 9.18. The van der Waals surface area contributed by atoms with Crippen LogP contribution in [0.15, 0.2) is 24.3 Å². The van der Waals surface area contributed by atoms with Crippen LogP contribution < -0.4 is 10.5 Å². The zero-order valence-electron chi connectivity index (χ0n) is 16.0. The van der Waals surface area contributed by atoms with Gasteiger partial charge in [0.2, 0.25) is 5.91 Å². The molecule has 1 fully saturated rings. The van der Waals surface area contributed by atoms with Gasteiger partial charge in [-0.2, -0.15) is 0 Å². The van der Waals surface area contributed by atoms with Crippen LogP contribution in [0.3, 0.4) is 0 Å². The number of thiazole rings is 1. The maximum absolute atomic E-state index is 13.1. The van der Waals surface area contributed by atoms with Crippen LogP contribution in [0.2, 0.25) is 0 Å². The number of rotatable bonds is 6. The second-order valence-electron chi connectivity index (χ2n) is 7.36. The number of carbonyl (C=O) groups excluding carboxylic acids is 2. The van der Waals surface area contributed by atoms with E-state index in [1.165, 1.54) is 23.5 Å². The van der Waals surface area contributed by atoms with Crippen molar-refractivity contribution in [2.75, 3.05) is 19.7 Å². The molecule has 1 aliphatic heterocycles. The van der Waals surface area contributed by atoms with Gasteiger partial charge in [-0.15, -0.1) is 11.3 Å². The molecule has 0 saturated carbocycles. The Morgan fingerprint density at radius 3 is 2.64 bits per heavy atom. The maximum atomic E-state index is 13.1. The van der Waals surface area contributed by atoms with E-state index < -0.39 is 11.3 Å². The van der Waals surface area contributed by atoms with Gasteiger partial charge in [0.15, 0.2) is 0 Å². The van der Waals surface area contributed by atoms with Crippen molar-refractivity contribution in [1.82, 2.24) is 9.88 Å². The number of carbonyl (C=O) groups is 2. The van der Waals surface area contributed by atoms with Crippen molar-refractivity contribution < 1.29 is 18.7 Å². The Labute approximate surface area is 167 Å². The van der Waals surface area contributed by atoms with Crippen LogP contribution in [0.5, 0.6) is 5.75 Å². The largest absolute Gasteiger partial charge is 0.493 e. The average Bonchev–Trinajstić information content (AvgIpc) is 2.98. The quantitative estimate of drug-likeness (QED) is 0.800. The van der Waals surface area contributed by atoms with Gasteiger partial charge in [0.05, 0.1) is 17.3 Å². The van der Waals surface area contributed by atoms with Gasteiger partial charge >= 0.3 is 0 Å². The SMILES string of the molecule is Cc1nc(C)c(C(=O)N2CCC[C@@](COc3ccc(F)cc3)(CC(N)=O)C2)s1. The lowest BCUT2D eigenvalue weighted by Gasteiger charge is -2.42. The second-order valence-corrected chi connectivity index (χ2v) is 8.57. The molecule has 3 rings (SSSR count). The van der Waals surface area contributed by atoms with Crippen LogP contribution >= 0.6 is 11.3 Å². The molecule has 1 saturated heterocycles. The predicted molar refractivity (Wildman–Crippen MR) is 105 cm³/mol. The van der Waals surface area contributed by atoms with Gasteiger partial charge < -0.3 is 15.4 Å². The number of halogens is 1. The molecule has 1 aliphatic rings. The van der Waals surface area contributed by atoms with Crippen molar-refractivity contribution in [3.8, 4) is 5.75 Å². The number of nitrogens with two attached hydrogens (primary N) is 1. The number of nitrogens with zero attached hydrogens (tertiary/aromatic N) is 2. The fraction of sp³-hybridized carbons (Fsp3) is 0.450. The minimum absolute atomic E-state index is 0.0709. The van der Waals surface area contributed by atoms with E-state index in [-0.39, 0.29) is 24.8 Å². The van der Waals surface area contributed by atoms with E-state index in [2.05, 4.69) is 4.98 Å². The molecule has 0 radical (unpaired) electrons. The lowest BCUT2D eigenvalue weighted by atomic mass is 9.77. The van der Waals surface area contributed by atoms with Crippen LogP contribution in [0, 0.1) is 25.1 Å². The topological polar surface area (TPSA) is 85.5 Å². The highest BCUT2D eigenvalue weighted by atomic mass is 32.1. The summed E-state index contributed by atoms with van der Waals surface area (Å²) in [4.78, 5) is 31.5. The van der Waals surface area contributed by atoms with Gasteiger partial charge in [-0.25, -0.2) is 9.37 Å². The number of ether oxygens (including phenoxy) is 1. The van der Waals surface area contributed by atoms with Crippen molar-refractivity contribution in [3.63, 3.8) is 0 Å². The summed E-state index contributed by atoms with van der Waals surface area (Å²) in [6.45, 7) is 4.93. The Kier molecular flexibility index (Phi) is 5.98. The Balaban J connectivity index is 1.77. The molecule has 0 bridgehead atoms. The molecule has 6 nitrogen and oxygen atoms in total. The summed E-state index contributed by atoms with van der Waals surface area (Å²) in [5, 5.41) is 0.848. The van der Waals surface area contributed by atoms with E-state index >= 15 is 0 Å². The van der Waals surface area contributed by atoms with Crippen LogP contribution in [0.1, 0.15) is 39.6 Å². The molecule has 0 aliphatic carbocycles. The number of aryl methyl sites for hydroxylation is 2. The monoisotopic (exact) mass is 405 g/mol. The van der Waals surface area contributed by atoms with Crippen molar-refractivity contribution >= 4 is 23.2 Å². The molecule has 0 spiro atoms. The van der Waals surface area contributed by atoms with Crippen LogP contribution in [0.25, 0.3) is 0 Å². The normalized spacial score (nSPS) is 19.5. The van der Waals surface area contributed by atoms with Gasteiger partial charge in [-0.3, -0.25) is 9.59 Å². The predicted octanol–water partition coefficient (Wildman–Crippen LogP) is 3.08. The highest BCUT2D eigenvalue weighted by Gasteiger charge is 2.40. The molecule has 2 N–H and O–H groups in total. The molecular weight excluding hydrogens is 381 g/mol. The summed E-state index contributed by atoms with van der Waals surface area (Å²) < 4.78 is 18.9. The fourth-order valence-corrected chi connectivity index (χ4v) is 4.59. The first-order valence-corrected chi connectivity index (χ1v) is 10.00. The molecule has 2 aromatic rings. The second kappa shape index (κ2) is 8.26. The first-order chi connectivity index (χ1) is 13.3. The lowest BCUT2D eigenvalue weighted by molar-refractivity contribution is -0.122. The molecule has 1 aromatic heterocycles. The summed E-state index contributed by atoms with van der Waals surface area (Å²) in [7, 11) is 0. The lowest BCUT2D eigenvalue weighted by Crippen LogP contribution is -2.50. The first kappa shape index (κ1) is 20.3. The van der Waals surface area contributed by atoms with E-state index in [0.717, 1.165) is 23.5 Å². The molecule has 28 heavy (non-hydrogen) atoms. The van der Waals surface area contributed by atoms with E-state index in [1.54, 1.807) is 17.0 Å². The number of amides is 2. The van der Waals surface area contributed by atoms with Gasteiger partial charge in [0.1, 0.15) is 16.4 Å². The molecule has 1 aromatic carbocycles. The van der Waals surface area contributed by atoms with Crippen LogP contribution in [-0.2, 0) is 4.79 Å². The summed E-state index contributed by atoms with van der Waals surface area (Å²) >= 11 is 1.38. The zero-order chi connectivity index (χ0) is 20.3. The molecular formula is C20H24FN3O3S. The van der Waals surface area contributed by atoms with E-state index in [1.807, 2.05) is 13.8 Å². The van der Waals surface area contributed by atoms with Crippen molar-refractivity contribution in [1.29, 1.82) is 0 Å². The number of hydrogen-bond donors (Lipinski definition) is 1. The van der Waals surface area contributed by atoms with Crippen molar-refractivity contribution in [2.45, 2.75) is 33.1 Å². The number of piperidine rings is 1. The number of aromatic nitrogens is 1. The Hall–Kier alpha value is -2.48. The summed E-state index contributed by atoms with van der Waals surface area (Å²) in [6.07, 6.45) is 1.60. The molecule has 1 atom stereocenters. The molecule has 2 amide bonds. The third-order valence-corrected chi connectivity index (χ3v) is 6.02. The molecule has 0 unspecified atom stereocenters. The van der Waals surface area contributed by atoms with E-state index in [4.69, 9.17) is 10.5 Å². The standard InChI is InChI=1S/C20H24FN3O3S/c1-13-18(28-14(2)23-13)19(26)24-9-3-8-20(11-24,10-17(22)25)12-27-16-6-4-15(21)5-7-16/h4-7H,3,8-12H2,1-2H3,(H2,22,25)/t20-/m1/s1. The third kappa shape index (κ3) is 4.67. The summed E-state index contributed by atoms with van der Waals surface area (Å²) in [5.74, 6) is -0.327. The summed E-state index contributed by atoms with van der Waals surface area (Å²) in [6, 6.07) is 5.73. The number of primary amides is 1. The minimum Gasteiger partial charge on any atom is -0.493 e. The number of hydrogen-bond acceptors (Lipinski definition) is 5. The van der Waals surface area contributed by atoms with Crippen molar-refractivity contribution in [3.05, 3.63) is 45.7 Å². The van der Waals surface area contributed by atoms with Gasteiger partial charge in [-0.1, -0.05) is 0 Å². The average molecular weight is 405 g/mol. The highest BCUT2D eigenvalue weighted by Crippen LogP contribution is 2.35. The molecule has 8 heteroatoms. The van der Waals surface area contributed by atoms with Gasteiger partial charge in [-0.05, 0) is 51.0 Å². The van der Waals surface area contributed by atoms with Gasteiger partial charge in [0, 0.05) is 24.9 Å². The third-order valence-electron chi connectivity index (χ3n) is 4.95. The number of likely N-dealkylation sites (tertiary alicyclic amines) is 1. The Morgan fingerprint density at radius 2 is 2.04 bits per heavy atom. The van der Waals surface area contributed by atoms with Gasteiger partial charge in [0.25, 0.3) is 5.91 Å². The smallest absolute Gasteiger partial charge is 0.265 e. The van der Waals surface area contributed by atoms with E-state index in [0.29, 0.717) is 23.7 Å². The Morgan fingerprint density at radius 1 is 1.32 bits per heavy atom. The van der Waals surface area contributed by atoms with E-state index in [9.17, 15) is 14.0 Å². The Bertz CT molecular complexity index is 868. The minimum atomic E-state index is -0.568. The van der Waals surface area contributed by atoms with Crippen LogP contribution in [0.4, 0.5) is 4.39 Å². The summed E-state index contributed by atoms with van der Waals surface area (Å²) in [5.41, 5.74) is 5.66.